The number of hydrogen-bond acceptors (Lipinski definition) is 5. The van der Waals surface area contributed by atoms with E-state index in [1.54, 1.807) is 13.8 Å². The molecule has 2 aromatic carbocycles. The molecule has 1 saturated heterocycles. The molecule has 1 aliphatic heterocycles. The van der Waals surface area contributed by atoms with Crippen molar-refractivity contribution in [3.8, 4) is 11.5 Å². The summed E-state index contributed by atoms with van der Waals surface area (Å²) in [5.74, 6) is -2.38. The zero-order valence-electron chi connectivity index (χ0n) is 22.1. The molecule has 41 heavy (non-hydrogen) atoms. The molecule has 2 aromatic rings. The van der Waals surface area contributed by atoms with Crippen molar-refractivity contribution in [3.63, 3.8) is 0 Å². The van der Waals surface area contributed by atoms with Crippen LogP contribution in [0.2, 0.25) is 0 Å². The van der Waals surface area contributed by atoms with Crippen molar-refractivity contribution in [2.75, 3.05) is 19.7 Å². The molecule has 228 valence electrons. The van der Waals surface area contributed by atoms with Crippen LogP contribution >= 0.6 is 0 Å². The molecule has 1 heterocycles. The normalized spacial score (nSPS) is 15.9. The number of benzene rings is 2. The molecule has 0 aromatic heterocycles. The minimum absolute atomic E-state index is 0.000796. The number of alkyl halides is 6. The van der Waals surface area contributed by atoms with Crippen LogP contribution in [0.15, 0.2) is 47.4 Å². The predicted octanol–water partition coefficient (Wildman–Crippen LogP) is 5.90. The number of rotatable bonds is 10. The van der Waals surface area contributed by atoms with E-state index >= 15 is 0 Å². The number of nitrogens with zero attached hydrogens (tertiary/aromatic N) is 1. The van der Waals surface area contributed by atoms with Crippen molar-refractivity contribution in [3.05, 3.63) is 53.8 Å². The Kier molecular flexibility index (Phi) is 9.84. The van der Waals surface area contributed by atoms with Gasteiger partial charge in [0.2, 0.25) is 15.9 Å². The molecular weight excluding hydrogens is 585 g/mol. The summed E-state index contributed by atoms with van der Waals surface area (Å²) in [6.45, 7) is 3.54. The van der Waals surface area contributed by atoms with E-state index in [4.69, 9.17) is 4.74 Å². The van der Waals surface area contributed by atoms with Crippen LogP contribution in [0.5, 0.6) is 11.5 Å². The van der Waals surface area contributed by atoms with E-state index in [-0.39, 0.29) is 42.3 Å². The third-order valence-corrected chi connectivity index (χ3v) is 8.47. The van der Waals surface area contributed by atoms with Crippen LogP contribution in [0.3, 0.4) is 0 Å². The number of carbonyl (C=O) groups is 1. The molecule has 1 amide bonds. The van der Waals surface area contributed by atoms with Gasteiger partial charge in [-0.05, 0) is 68.1 Å². The number of ether oxygens (including phenoxy) is 2. The second-order valence-electron chi connectivity index (χ2n) is 10.1. The Labute approximate surface area is 232 Å². The second kappa shape index (κ2) is 12.4. The first-order chi connectivity index (χ1) is 18.9. The summed E-state index contributed by atoms with van der Waals surface area (Å²) in [4.78, 5) is 12.7. The zero-order valence-corrected chi connectivity index (χ0v) is 22.9. The summed E-state index contributed by atoms with van der Waals surface area (Å²) in [5.41, 5.74) is -2.30. The monoisotopic (exact) mass is 614 g/mol. The average Bonchev–Trinajstić information content (AvgIpc) is 2.86. The lowest BCUT2D eigenvalue weighted by Crippen LogP contribution is -2.49. The Morgan fingerprint density at radius 3 is 2.12 bits per heavy atom. The summed E-state index contributed by atoms with van der Waals surface area (Å²) in [6, 6.07) is 5.93. The summed E-state index contributed by atoms with van der Waals surface area (Å²) >= 11 is 0. The first kappa shape index (κ1) is 32.4. The summed E-state index contributed by atoms with van der Waals surface area (Å²) in [5, 5.41) is 2.90. The fraction of sp³-hybridized carbons (Fsp3) is 0.500. The molecule has 0 atom stereocenters. The fourth-order valence-corrected chi connectivity index (χ4v) is 5.68. The van der Waals surface area contributed by atoms with Crippen LogP contribution in [0.4, 0.5) is 30.7 Å². The molecule has 3 rings (SSSR count). The van der Waals surface area contributed by atoms with Gasteiger partial charge in [0.05, 0.1) is 17.1 Å². The van der Waals surface area contributed by atoms with Gasteiger partial charge in [0.25, 0.3) is 0 Å². The van der Waals surface area contributed by atoms with Gasteiger partial charge in [-0.15, -0.1) is 13.2 Å². The van der Waals surface area contributed by atoms with Gasteiger partial charge >= 0.3 is 12.5 Å². The number of piperidine rings is 1. The Morgan fingerprint density at radius 2 is 1.56 bits per heavy atom. The minimum Gasteiger partial charge on any atom is -0.494 e. The van der Waals surface area contributed by atoms with Gasteiger partial charge in [0.15, 0.2) is 0 Å². The van der Waals surface area contributed by atoms with Gasteiger partial charge in [-0.3, -0.25) is 4.79 Å². The van der Waals surface area contributed by atoms with Gasteiger partial charge in [-0.25, -0.2) is 12.8 Å². The van der Waals surface area contributed by atoms with Crippen molar-refractivity contribution in [2.24, 2.45) is 5.41 Å². The first-order valence-corrected chi connectivity index (χ1v) is 14.0. The third kappa shape index (κ3) is 8.96. The largest absolute Gasteiger partial charge is 0.573 e. The number of halogens is 7. The van der Waals surface area contributed by atoms with Crippen LogP contribution in [-0.2, 0) is 21.0 Å². The number of sulfonamides is 1. The zero-order chi connectivity index (χ0) is 30.6. The molecule has 0 spiro atoms. The van der Waals surface area contributed by atoms with E-state index in [0.717, 1.165) is 30.3 Å². The van der Waals surface area contributed by atoms with E-state index in [0.29, 0.717) is 37.8 Å². The summed E-state index contributed by atoms with van der Waals surface area (Å²) in [7, 11) is -3.97. The Bertz CT molecular complexity index is 1300. The molecule has 1 fully saturated rings. The number of carbonyl (C=O) groups excluding carboxylic acids is 1. The average molecular weight is 615 g/mol. The Balaban J connectivity index is 1.46. The molecule has 1 aliphatic rings. The van der Waals surface area contributed by atoms with Crippen molar-refractivity contribution in [1.82, 2.24) is 9.62 Å². The third-order valence-electron chi connectivity index (χ3n) is 6.56. The maximum atomic E-state index is 13.4. The maximum Gasteiger partial charge on any atom is 0.573 e. The number of nitrogens with one attached hydrogen (secondary N) is 1. The quantitative estimate of drug-likeness (QED) is 0.266. The van der Waals surface area contributed by atoms with E-state index in [1.807, 2.05) is 0 Å². The van der Waals surface area contributed by atoms with Crippen LogP contribution in [-0.4, -0.2) is 50.7 Å². The van der Waals surface area contributed by atoms with Gasteiger partial charge < -0.3 is 14.8 Å². The van der Waals surface area contributed by atoms with Gasteiger partial charge in [0.1, 0.15) is 17.3 Å². The van der Waals surface area contributed by atoms with Crippen molar-refractivity contribution in [2.45, 2.75) is 63.0 Å². The van der Waals surface area contributed by atoms with Gasteiger partial charge in [0, 0.05) is 24.5 Å². The molecule has 0 bridgehead atoms. The smallest absolute Gasteiger partial charge is 0.494 e. The minimum atomic E-state index is -4.90. The molecule has 7 nitrogen and oxygen atoms in total. The summed E-state index contributed by atoms with van der Waals surface area (Å²) < 4.78 is 125. The number of hydrogen-bond donors (Lipinski definition) is 1. The lowest BCUT2D eigenvalue weighted by Gasteiger charge is -2.34. The van der Waals surface area contributed by atoms with Crippen molar-refractivity contribution >= 4 is 15.9 Å². The Hall–Kier alpha value is -3.07. The van der Waals surface area contributed by atoms with Gasteiger partial charge in [-0.2, -0.15) is 17.5 Å². The fourth-order valence-electron chi connectivity index (χ4n) is 4.21. The highest BCUT2D eigenvalue weighted by molar-refractivity contribution is 7.89. The SMILES string of the molecule is CC(C)(CCCOc1ccc(F)c(C(F)(F)F)c1)C(=O)NC1CCN(S(=O)(=O)c2ccc(OC(F)(F)F)cc2)CC1. The molecule has 0 unspecified atom stereocenters. The van der Waals surface area contributed by atoms with Crippen LogP contribution in [0, 0.1) is 11.2 Å². The first-order valence-electron chi connectivity index (χ1n) is 12.5. The standard InChI is InChI=1S/C26H29F7N2O5S/c1-24(2,12-3-15-39-19-6-9-22(27)21(16-19)25(28,29)30)23(36)34-17-10-13-35(14-11-17)41(37,38)20-7-4-18(5-8-20)40-26(31,32)33/h4-9,16-17H,3,10-15H2,1-2H3,(H,34,36). The van der Waals surface area contributed by atoms with Crippen LogP contribution in [0.1, 0.15) is 45.1 Å². The maximum absolute atomic E-state index is 13.4. The van der Waals surface area contributed by atoms with E-state index in [1.165, 1.54) is 4.31 Å². The summed E-state index contributed by atoms with van der Waals surface area (Å²) in [6.07, 6.45) is -8.49. The highest BCUT2D eigenvalue weighted by Gasteiger charge is 2.36. The van der Waals surface area contributed by atoms with Crippen LogP contribution < -0.4 is 14.8 Å². The Morgan fingerprint density at radius 1 is 0.976 bits per heavy atom. The molecule has 1 N–H and O–H groups in total. The van der Waals surface area contributed by atoms with Crippen molar-refractivity contribution in [1.29, 1.82) is 0 Å². The molecule has 0 radical (unpaired) electrons. The predicted molar refractivity (Wildman–Crippen MR) is 133 cm³/mol. The molecule has 15 heteroatoms. The lowest BCUT2D eigenvalue weighted by atomic mass is 9.86. The van der Waals surface area contributed by atoms with E-state index in [2.05, 4.69) is 10.1 Å². The molecule has 0 aliphatic carbocycles. The second-order valence-corrected chi connectivity index (χ2v) is 12.1. The number of amides is 1. The molecular formula is C26H29F7N2O5S. The highest BCUT2D eigenvalue weighted by Crippen LogP contribution is 2.34. The van der Waals surface area contributed by atoms with E-state index < -0.39 is 45.1 Å². The van der Waals surface area contributed by atoms with E-state index in [9.17, 15) is 43.9 Å². The lowest BCUT2D eigenvalue weighted by molar-refractivity contribution is -0.274. The van der Waals surface area contributed by atoms with Gasteiger partial charge in [-0.1, -0.05) is 13.8 Å². The highest BCUT2D eigenvalue weighted by atomic mass is 32.2. The van der Waals surface area contributed by atoms with Crippen molar-refractivity contribution < 1.29 is 53.4 Å². The van der Waals surface area contributed by atoms with Crippen LogP contribution in [0.25, 0.3) is 0 Å². The molecule has 0 saturated carbocycles. The topological polar surface area (TPSA) is 84.9 Å².